The Bertz CT molecular complexity index is 1350. The van der Waals surface area contributed by atoms with Crippen molar-refractivity contribution in [1.29, 1.82) is 0 Å². The summed E-state index contributed by atoms with van der Waals surface area (Å²) < 4.78 is 0. The predicted molar refractivity (Wildman–Crippen MR) is 173 cm³/mol. The standard InChI is InChI=1S/C22H28.C15H20N2O/c1-5-11-19(7-3)22(4,20-12-9-8-10-13-20)21-16-14-18(6-2)15-17-21;1-3-4-15(18)13(16)9-12-8-11-7-10(2)5-6-14(11)17-12/h6,8-10,12-17,19H,2,5,7,11H2,1,3-4H3;5-8,13,17H,3-4,9,16H2,1-2H3. The van der Waals surface area contributed by atoms with Crippen LogP contribution in [0.25, 0.3) is 17.0 Å². The highest BCUT2D eigenvalue weighted by atomic mass is 16.1. The molecule has 212 valence electrons. The van der Waals surface area contributed by atoms with Crippen LogP contribution in [0.15, 0.2) is 85.4 Å². The van der Waals surface area contributed by atoms with Crippen LogP contribution >= 0.6 is 0 Å². The van der Waals surface area contributed by atoms with Crippen molar-refractivity contribution in [3.8, 4) is 0 Å². The molecule has 0 bridgehead atoms. The van der Waals surface area contributed by atoms with E-state index < -0.39 is 0 Å². The van der Waals surface area contributed by atoms with Crippen molar-refractivity contribution in [2.24, 2.45) is 11.7 Å². The summed E-state index contributed by atoms with van der Waals surface area (Å²) in [6, 6.07) is 27.9. The molecule has 40 heavy (non-hydrogen) atoms. The van der Waals surface area contributed by atoms with Crippen LogP contribution in [0.2, 0.25) is 0 Å². The number of carbonyl (C=O) groups is 1. The van der Waals surface area contributed by atoms with E-state index in [0.717, 1.165) is 17.6 Å². The molecule has 0 aliphatic carbocycles. The van der Waals surface area contributed by atoms with E-state index in [9.17, 15) is 4.79 Å². The molecule has 0 spiro atoms. The Morgan fingerprint density at radius 2 is 1.62 bits per heavy atom. The summed E-state index contributed by atoms with van der Waals surface area (Å²) in [4.78, 5) is 15.0. The van der Waals surface area contributed by atoms with Crippen molar-refractivity contribution in [2.45, 2.75) is 84.6 Å². The van der Waals surface area contributed by atoms with Gasteiger partial charge in [0, 0.05) is 29.5 Å². The molecule has 0 aliphatic heterocycles. The number of H-pyrrole nitrogens is 1. The number of aryl methyl sites for hydroxylation is 1. The van der Waals surface area contributed by atoms with Crippen LogP contribution in [0.5, 0.6) is 0 Å². The van der Waals surface area contributed by atoms with Crippen molar-refractivity contribution in [3.63, 3.8) is 0 Å². The van der Waals surface area contributed by atoms with Crippen LogP contribution in [0.3, 0.4) is 0 Å². The van der Waals surface area contributed by atoms with E-state index in [-0.39, 0.29) is 17.2 Å². The van der Waals surface area contributed by atoms with E-state index in [0.29, 0.717) is 18.8 Å². The molecule has 3 aromatic carbocycles. The lowest BCUT2D eigenvalue weighted by Crippen LogP contribution is -2.33. The van der Waals surface area contributed by atoms with Crippen LogP contribution < -0.4 is 5.73 Å². The Morgan fingerprint density at radius 3 is 2.23 bits per heavy atom. The van der Waals surface area contributed by atoms with Gasteiger partial charge in [-0.25, -0.2) is 0 Å². The molecule has 3 heteroatoms. The fourth-order valence-corrected chi connectivity index (χ4v) is 5.84. The van der Waals surface area contributed by atoms with Gasteiger partial charge in [-0.15, -0.1) is 0 Å². The Hall–Kier alpha value is -3.43. The first-order chi connectivity index (χ1) is 19.3. The first-order valence-corrected chi connectivity index (χ1v) is 14.9. The van der Waals surface area contributed by atoms with Crippen molar-refractivity contribution in [2.75, 3.05) is 0 Å². The van der Waals surface area contributed by atoms with Gasteiger partial charge in [0.05, 0.1) is 6.04 Å². The summed E-state index contributed by atoms with van der Waals surface area (Å²) in [7, 11) is 0. The summed E-state index contributed by atoms with van der Waals surface area (Å²) in [5, 5.41) is 1.18. The molecule has 0 amide bonds. The average Bonchev–Trinajstić information content (AvgIpc) is 3.37. The van der Waals surface area contributed by atoms with Gasteiger partial charge in [-0.1, -0.05) is 119 Å². The zero-order chi connectivity index (χ0) is 29.1. The van der Waals surface area contributed by atoms with Crippen LogP contribution in [0, 0.1) is 12.8 Å². The number of hydrogen-bond acceptors (Lipinski definition) is 2. The van der Waals surface area contributed by atoms with E-state index in [4.69, 9.17) is 5.73 Å². The van der Waals surface area contributed by atoms with Gasteiger partial charge < -0.3 is 10.7 Å². The molecule has 0 saturated heterocycles. The summed E-state index contributed by atoms with van der Waals surface area (Å²) in [6.45, 7) is 14.9. The van der Waals surface area contributed by atoms with Crippen molar-refractivity contribution in [3.05, 3.63) is 113 Å². The fraction of sp³-hybridized carbons (Fsp3) is 0.378. The average molecular weight is 537 g/mol. The lowest BCUT2D eigenvalue weighted by molar-refractivity contribution is -0.120. The number of ketones is 1. The first kappa shape index (κ1) is 31.1. The van der Waals surface area contributed by atoms with Gasteiger partial charge in [0.1, 0.15) is 5.78 Å². The second kappa shape index (κ2) is 14.8. The number of hydrogen-bond donors (Lipinski definition) is 2. The van der Waals surface area contributed by atoms with Crippen LogP contribution in [-0.4, -0.2) is 16.8 Å². The summed E-state index contributed by atoms with van der Waals surface area (Å²) >= 11 is 0. The number of nitrogens with one attached hydrogen (secondary N) is 1. The molecule has 4 aromatic rings. The third-order valence-corrected chi connectivity index (χ3v) is 8.25. The van der Waals surface area contributed by atoms with Gasteiger partial charge in [-0.05, 0) is 66.0 Å². The van der Waals surface area contributed by atoms with Crippen molar-refractivity contribution >= 4 is 22.8 Å². The number of carbonyl (C=O) groups excluding carboxylic acids is 1. The summed E-state index contributed by atoms with van der Waals surface area (Å²) in [5.74, 6) is 0.793. The van der Waals surface area contributed by atoms with Gasteiger partial charge >= 0.3 is 0 Å². The molecule has 0 fully saturated rings. The molecule has 4 rings (SSSR count). The van der Waals surface area contributed by atoms with Crippen LogP contribution in [0.4, 0.5) is 0 Å². The second-order valence-corrected chi connectivity index (χ2v) is 11.2. The van der Waals surface area contributed by atoms with Gasteiger partial charge in [0.2, 0.25) is 0 Å². The third kappa shape index (κ3) is 7.61. The Balaban J connectivity index is 0.000000225. The number of aromatic nitrogens is 1. The highest BCUT2D eigenvalue weighted by Crippen LogP contribution is 2.42. The normalized spacial score (nSPS) is 14.1. The lowest BCUT2D eigenvalue weighted by Gasteiger charge is -2.39. The van der Waals surface area contributed by atoms with E-state index >= 15 is 0 Å². The van der Waals surface area contributed by atoms with Gasteiger partial charge in [-0.3, -0.25) is 4.79 Å². The molecule has 1 aromatic heterocycles. The number of aromatic amines is 1. The van der Waals surface area contributed by atoms with Gasteiger partial charge in [0.25, 0.3) is 0 Å². The Morgan fingerprint density at radius 1 is 0.950 bits per heavy atom. The van der Waals surface area contributed by atoms with Gasteiger partial charge in [-0.2, -0.15) is 0 Å². The van der Waals surface area contributed by atoms with E-state index in [2.05, 4.69) is 118 Å². The SMILES string of the molecule is C=Cc1ccc(C(C)(c2ccccc2)C(CC)CCC)cc1.CCCC(=O)C(N)Cc1cc2cc(C)ccc2[nH]1. The smallest absolute Gasteiger partial charge is 0.149 e. The maximum absolute atomic E-state index is 11.7. The van der Waals surface area contributed by atoms with Crippen LogP contribution in [0.1, 0.15) is 87.7 Å². The highest BCUT2D eigenvalue weighted by molar-refractivity contribution is 5.85. The second-order valence-electron chi connectivity index (χ2n) is 11.2. The van der Waals surface area contributed by atoms with E-state index in [1.54, 1.807) is 0 Å². The lowest BCUT2D eigenvalue weighted by atomic mass is 9.65. The molecule has 1 heterocycles. The molecular formula is C37H48N2O. The Labute approximate surface area is 241 Å². The van der Waals surface area contributed by atoms with Gasteiger partial charge in [0.15, 0.2) is 0 Å². The Kier molecular flexibility index (Phi) is 11.5. The minimum Gasteiger partial charge on any atom is -0.358 e. The molecule has 3 nitrogen and oxygen atoms in total. The van der Waals surface area contributed by atoms with Crippen LogP contribution in [-0.2, 0) is 16.6 Å². The number of benzene rings is 3. The zero-order valence-electron chi connectivity index (χ0n) is 25.2. The number of rotatable bonds is 12. The van der Waals surface area contributed by atoms with E-state index in [1.807, 2.05) is 13.0 Å². The number of Topliss-reactive ketones (excluding diaryl/α,β-unsaturated/α-hetero) is 1. The summed E-state index contributed by atoms with van der Waals surface area (Å²) in [6.07, 6.45) is 7.61. The van der Waals surface area contributed by atoms with Crippen molar-refractivity contribution < 1.29 is 4.79 Å². The minimum atomic E-state index is -0.390. The summed E-state index contributed by atoms with van der Waals surface area (Å²) in [5.41, 5.74) is 13.4. The number of nitrogens with two attached hydrogens (primary N) is 1. The van der Waals surface area contributed by atoms with E-state index in [1.165, 1.54) is 46.9 Å². The molecule has 3 N–H and O–H groups in total. The molecule has 3 unspecified atom stereocenters. The molecule has 0 radical (unpaired) electrons. The fourth-order valence-electron chi connectivity index (χ4n) is 5.84. The predicted octanol–water partition coefficient (Wildman–Crippen LogP) is 9.18. The quantitative estimate of drug-likeness (QED) is 0.190. The minimum absolute atomic E-state index is 0.0612. The molecular weight excluding hydrogens is 488 g/mol. The largest absolute Gasteiger partial charge is 0.358 e. The maximum atomic E-state index is 11.7. The maximum Gasteiger partial charge on any atom is 0.149 e. The highest BCUT2D eigenvalue weighted by Gasteiger charge is 2.35. The van der Waals surface area contributed by atoms with Crippen molar-refractivity contribution in [1.82, 2.24) is 4.98 Å². The molecule has 0 aliphatic rings. The first-order valence-electron chi connectivity index (χ1n) is 14.9. The molecule has 0 saturated carbocycles. The topological polar surface area (TPSA) is 58.9 Å². The number of fused-ring (bicyclic) bond motifs is 1. The molecule has 3 atom stereocenters. The monoisotopic (exact) mass is 536 g/mol. The third-order valence-electron chi connectivity index (χ3n) is 8.25. The zero-order valence-corrected chi connectivity index (χ0v) is 25.2.